The van der Waals surface area contributed by atoms with E-state index in [1.165, 1.54) is 24.3 Å². The molecule has 0 radical (unpaired) electrons. The number of hydrogen-bond donors (Lipinski definition) is 1. The Kier molecular flexibility index (Phi) is 6.73. The highest BCUT2D eigenvalue weighted by Gasteiger charge is 2.10. The van der Waals surface area contributed by atoms with Gasteiger partial charge in [-0.15, -0.1) is 0 Å². The average Bonchev–Trinajstić information content (AvgIpc) is 2.61. The number of sulfone groups is 1. The van der Waals surface area contributed by atoms with Crippen LogP contribution in [0, 0.1) is 0 Å². The van der Waals surface area contributed by atoms with Crippen molar-refractivity contribution in [1.29, 1.82) is 0 Å². The van der Waals surface area contributed by atoms with Crippen molar-refractivity contribution in [1.82, 2.24) is 5.32 Å². The molecule has 25 heavy (non-hydrogen) atoms. The first-order valence-corrected chi connectivity index (χ1v) is 10.0. The number of amides is 1. The van der Waals surface area contributed by atoms with E-state index in [1.54, 1.807) is 0 Å². The standard InChI is InChI=1S/C19H23NO4S/c1-15(16-7-4-3-5-8-16)24-14-6-13-20-19(21)17-9-11-18(12-10-17)25(2,22)23/h3-5,7-12,15H,6,13-14H2,1-2H3,(H,20,21). The normalized spacial score (nSPS) is 12.6. The van der Waals surface area contributed by atoms with Crippen LogP contribution in [-0.2, 0) is 14.6 Å². The number of carbonyl (C=O) groups excluding carboxylic acids is 1. The summed E-state index contributed by atoms with van der Waals surface area (Å²) in [6, 6.07) is 15.9. The van der Waals surface area contributed by atoms with E-state index in [2.05, 4.69) is 5.32 Å². The van der Waals surface area contributed by atoms with Crippen molar-refractivity contribution in [2.45, 2.75) is 24.3 Å². The molecule has 0 aromatic heterocycles. The van der Waals surface area contributed by atoms with E-state index in [4.69, 9.17) is 4.74 Å². The second-order valence-corrected chi connectivity index (χ2v) is 7.85. The van der Waals surface area contributed by atoms with Crippen LogP contribution >= 0.6 is 0 Å². The number of ether oxygens (including phenoxy) is 1. The molecule has 0 aliphatic heterocycles. The predicted molar refractivity (Wildman–Crippen MR) is 97.3 cm³/mol. The molecule has 0 fully saturated rings. The van der Waals surface area contributed by atoms with E-state index in [1.807, 2.05) is 37.3 Å². The minimum atomic E-state index is -3.25. The molecule has 1 amide bonds. The first kappa shape index (κ1) is 19.1. The molecule has 1 atom stereocenters. The Morgan fingerprint density at radius 3 is 2.32 bits per heavy atom. The molecule has 0 heterocycles. The quantitative estimate of drug-likeness (QED) is 0.734. The Morgan fingerprint density at radius 2 is 1.72 bits per heavy atom. The van der Waals surface area contributed by atoms with E-state index in [-0.39, 0.29) is 16.9 Å². The zero-order valence-electron chi connectivity index (χ0n) is 14.4. The van der Waals surface area contributed by atoms with Gasteiger partial charge in [-0.25, -0.2) is 8.42 Å². The third-order valence-electron chi connectivity index (χ3n) is 3.79. The Bertz CT molecular complexity index is 786. The predicted octanol–water partition coefficient (Wildman–Crippen LogP) is 2.99. The third-order valence-corrected chi connectivity index (χ3v) is 4.92. The zero-order valence-corrected chi connectivity index (χ0v) is 15.3. The molecule has 0 bridgehead atoms. The monoisotopic (exact) mass is 361 g/mol. The summed E-state index contributed by atoms with van der Waals surface area (Å²) in [5.41, 5.74) is 1.56. The lowest BCUT2D eigenvalue weighted by Crippen LogP contribution is -2.25. The van der Waals surface area contributed by atoms with Crippen molar-refractivity contribution in [2.24, 2.45) is 0 Å². The molecule has 1 N–H and O–H groups in total. The molecule has 5 nitrogen and oxygen atoms in total. The van der Waals surface area contributed by atoms with Gasteiger partial charge >= 0.3 is 0 Å². The van der Waals surface area contributed by atoms with Crippen molar-refractivity contribution in [3.05, 3.63) is 65.7 Å². The molecule has 2 rings (SSSR count). The first-order valence-electron chi connectivity index (χ1n) is 8.13. The van der Waals surface area contributed by atoms with Crippen molar-refractivity contribution >= 4 is 15.7 Å². The van der Waals surface area contributed by atoms with Crippen LogP contribution in [0.4, 0.5) is 0 Å². The van der Waals surface area contributed by atoms with Gasteiger partial charge in [0.25, 0.3) is 5.91 Å². The molecule has 1 unspecified atom stereocenters. The summed E-state index contributed by atoms with van der Waals surface area (Å²) in [6.45, 7) is 3.04. The fraction of sp³-hybridized carbons (Fsp3) is 0.316. The van der Waals surface area contributed by atoms with Crippen molar-refractivity contribution in [2.75, 3.05) is 19.4 Å². The van der Waals surface area contributed by atoms with Crippen LogP contribution in [0.1, 0.15) is 35.4 Å². The van der Waals surface area contributed by atoms with Crippen molar-refractivity contribution in [3.63, 3.8) is 0 Å². The van der Waals surface area contributed by atoms with Crippen LogP contribution in [0.25, 0.3) is 0 Å². The third kappa shape index (κ3) is 5.99. The van der Waals surface area contributed by atoms with Crippen LogP contribution in [-0.4, -0.2) is 33.7 Å². The van der Waals surface area contributed by atoms with Gasteiger partial charge in [-0.05, 0) is 43.2 Å². The number of nitrogens with one attached hydrogen (secondary N) is 1. The zero-order chi connectivity index (χ0) is 18.3. The second-order valence-electron chi connectivity index (χ2n) is 5.83. The molecular formula is C19H23NO4S. The minimum Gasteiger partial charge on any atom is -0.374 e. The van der Waals surface area contributed by atoms with Gasteiger partial charge in [0.05, 0.1) is 11.0 Å². The molecule has 0 saturated heterocycles. The fourth-order valence-corrected chi connectivity index (χ4v) is 2.94. The summed E-state index contributed by atoms with van der Waals surface area (Å²) >= 11 is 0. The van der Waals surface area contributed by atoms with Gasteiger partial charge in [-0.2, -0.15) is 0 Å². The van der Waals surface area contributed by atoms with Crippen LogP contribution < -0.4 is 5.32 Å². The minimum absolute atomic E-state index is 0.0143. The van der Waals surface area contributed by atoms with Crippen molar-refractivity contribution in [3.8, 4) is 0 Å². The molecule has 0 saturated carbocycles. The highest BCUT2D eigenvalue weighted by atomic mass is 32.2. The van der Waals surface area contributed by atoms with Gasteiger partial charge in [0.15, 0.2) is 9.84 Å². The molecular weight excluding hydrogens is 338 g/mol. The number of hydrogen-bond acceptors (Lipinski definition) is 4. The second kappa shape index (κ2) is 8.78. The summed E-state index contributed by atoms with van der Waals surface area (Å²) in [5.74, 6) is -0.226. The lowest BCUT2D eigenvalue weighted by molar-refractivity contribution is 0.0635. The Balaban J connectivity index is 1.72. The molecule has 6 heteroatoms. The average molecular weight is 361 g/mol. The van der Waals surface area contributed by atoms with Crippen LogP contribution in [0.3, 0.4) is 0 Å². The van der Waals surface area contributed by atoms with Crippen molar-refractivity contribution < 1.29 is 17.9 Å². The molecule has 134 valence electrons. The maximum absolute atomic E-state index is 12.0. The number of rotatable bonds is 8. The van der Waals surface area contributed by atoms with E-state index in [9.17, 15) is 13.2 Å². The van der Waals surface area contributed by atoms with Gasteiger partial charge in [0.2, 0.25) is 0 Å². The highest BCUT2D eigenvalue weighted by Crippen LogP contribution is 2.15. The van der Waals surface area contributed by atoms with Gasteiger partial charge in [0, 0.05) is 25.0 Å². The Labute approximate surface area is 148 Å². The maximum Gasteiger partial charge on any atom is 0.251 e. The summed E-state index contributed by atoms with van der Waals surface area (Å²) < 4.78 is 28.6. The smallest absolute Gasteiger partial charge is 0.251 e. The molecule has 2 aromatic carbocycles. The highest BCUT2D eigenvalue weighted by molar-refractivity contribution is 7.90. The van der Waals surface area contributed by atoms with Gasteiger partial charge in [0.1, 0.15) is 0 Å². The first-order chi connectivity index (χ1) is 11.9. The fourth-order valence-electron chi connectivity index (χ4n) is 2.31. The SMILES string of the molecule is CC(OCCCNC(=O)c1ccc(S(C)(=O)=O)cc1)c1ccccc1. The largest absolute Gasteiger partial charge is 0.374 e. The van der Waals surface area contributed by atoms with Gasteiger partial charge in [-0.1, -0.05) is 30.3 Å². The Morgan fingerprint density at radius 1 is 1.08 bits per heavy atom. The number of carbonyl (C=O) groups is 1. The van der Waals surface area contributed by atoms with Gasteiger partial charge < -0.3 is 10.1 Å². The Hall–Kier alpha value is -2.18. The van der Waals surface area contributed by atoms with Gasteiger partial charge in [-0.3, -0.25) is 4.79 Å². The number of benzene rings is 2. The summed E-state index contributed by atoms with van der Waals surface area (Å²) in [6.07, 6.45) is 1.85. The molecule has 0 aliphatic carbocycles. The summed E-state index contributed by atoms with van der Waals surface area (Å²) in [5, 5.41) is 2.80. The molecule has 0 aliphatic rings. The summed E-state index contributed by atoms with van der Waals surface area (Å²) in [4.78, 5) is 12.2. The maximum atomic E-state index is 12.0. The summed E-state index contributed by atoms with van der Waals surface area (Å²) in [7, 11) is -3.25. The van der Waals surface area contributed by atoms with E-state index < -0.39 is 9.84 Å². The van der Waals surface area contributed by atoms with E-state index >= 15 is 0 Å². The topological polar surface area (TPSA) is 72.5 Å². The van der Waals surface area contributed by atoms with E-state index in [0.717, 1.165) is 11.8 Å². The molecule has 2 aromatic rings. The van der Waals surface area contributed by atoms with Crippen LogP contribution in [0.15, 0.2) is 59.5 Å². The van der Waals surface area contributed by atoms with E-state index in [0.29, 0.717) is 25.1 Å². The van der Waals surface area contributed by atoms with Crippen LogP contribution in [0.5, 0.6) is 0 Å². The lowest BCUT2D eigenvalue weighted by atomic mass is 10.1. The molecule has 0 spiro atoms. The lowest BCUT2D eigenvalue weighted by Gasteiger charge is -2.13. The van der Waals surface area contributed by atoms with Crippen LogP contribution in [0.2, 0.25) is 0 Å².